The van der Waals surface area contributed by atoms with E-state index in [-0.39, 0.29) is 37.4 Å². The van der Waals surface area contributed by atoms with Crippen molar-refractivity contribution in [1.82, 2.24) is 25.9 Å². The standard InChI is InChI=1S/C27H41N7O6/c1-16(2)11-22(26(38)34-23(27(39)40)12-17-6-8-19(35)9-7-17)33-25(37)21(5-3-4-10-28)32-24(36)20(29)13-18-14-30-15-31-18/h6-9,14-16,20-23,35H,3-5,10-13,28-29H2,1-2H3,(H,30,31)(H,32,36)(H,33,37)(H,34,38)(H,39,40). The number of nitrogens with one attached hydrogen (secondary N) is 4. The number of hydrogen-bond donors (Lipinski definition) is 8. The van der Waals surface area contributed by atoms with Crippen molar-refractivity contribution < 1.29 is 29.4 Å². The van der Waals surface area contributed by atoms with Crippen LogP contribution in [0.15, 0.2) is 36.8 Å². The van der Waals surface area contributed by atoms with E-state index in [1.807, 2.05) is 13.8 Å². The zero-order chi connectivity index (χ0) is 29.7. The summed E-state index contributed by atoms with van der Waals surface area (Å²) in [4.78, 5) is 58.0. The number of amides is 3. The second kappa shape index (κ2) is 16.2. The molecule has 13 heteroatoms. The predicted molar refractivity (Wildman–Crippen MR) is 148 cm³/mol. The zero-order valence-electron chi connectivity index (χ0n) is 22.9. The molecule has 13 nitrogen and oxygen atoms in total. The fraction of sp³-hybridized carbons (Fsp3) is 0.519. The van der Waals surface area contributed by atoms with E-state index < -0.39 is 47.9 Å². The number of aromatic amines is 1. The smallest absolute Gasteiger partial charge is 0.326 e. The van der Waals surface area contributed by atoms with Gasteiger partial charge in [0.2, 0.25) is 17.7 Å². The minimum Gasteiger partial charge on any atom is -0.508 e. The number of carbonyl (C=O) groups is 4. The van der Waals surface area contributed by atoms with Gasteiger partial charge in [-0.05, 0) is 55.8 Å². The Kier molecular flexibility index (Phi) is 13.1. The summed E-state index contributed by atoms with van der Waals surface area (Å²) in [6, 6.07) is 1.78. The van der Waals surface area contributed by atoms with Crippen molar-refractivity contribution in [3.63, 3.8) is 0 Å². The molecule has 4 atom stereocenters. The van der Waals surface area contributed by atoms with Crippen LogP contribution in [0.2, 0.25) is 0 Å². The minimum atomic E-state index is -1.26. The molecule has 0 aliphatic rings. The van der Waals surface area contributed by atoms with Crippen molar-refractivity contribution in [3.05, 3.63) is 48.0 Å². The first-order valence-corrected chi connectivity index (χ1v) is 13.3. The third-order valence-electron chi connectivity index (χ3n) is 6.24. The quantitative estimate of drug-likeness (QED) is 0.121. The number of aromatic nitrogens is 2. The van der Waals surface area contributed by atoms with E-state index in [4.69, 9.17) is 11.5 Å². The number of aliphatic carboxylic acids is 1. The SMILES string of the molecule is CC(C)CC(NC(=O)C(CCCCN)NC(=O)C(N)Cc1cnc[nH]1)C(=O)NC(Cc1ccc(O)cc1)C(=O)O. The highest BCUT2D eigenvalue weighted by Crippen LogP contribution is 2.13. The molecule has 3 amide bonds. The number of benzene rings is 1. The molecule has 220 valence electrons. The molecule has 40 heavy (non-hydrogen) atoms. The van der Waals surface area contributed by atoms with E-state index in [9.17, 15) is 29.4 Å². The number of carbonyl (C=O) groups excluding carboxylic acids is 3. The van der Waals surface area contributed by atoms with Crippen LogP contribution in [-0.4, -0.2) is 74.6 Å². The summed E-state index contributed by atoms with van der Waals surface area (Å²) < 4.78 is 0. The van der Waals surface area contributed by atoms with E-state index >= 15 is 0 Å². The molecule has 0 aliphatic heterocycles. The Hall–Kier alpha value is -3.97. The van der Waals surface area contributed by atoms with Gasteiger partial charge in [0.25, 0.3) is 0 Å². The minimum absolute atomic E-state index is 0.00969. The van der Waals surface area contributed by atoms with Crippen LogP contribution in [-0.2, 0) is 32.0 Å². The van der Waals surface area contributed by atoms with Crippen molar-refractivity contribution in [3.8, 4) is 5.75 Å². The topological polar surface area (TPSA) is 226 Å². The average Bonchev–Trinajstić information content (AvgIpc) is 3.41. The van der Waals surface area contributed by atoms with Crippen LogP contribution in [0.1, 0.15) is 50.8 Å². The van der Waals surface area contributed by atoms with Crippen LogP contribution < -0.4 is 27.4 Å². The normalized spacial score (nSPS) is 14.1. The average molecular weight is 560 g/mol. The van der Waals surface area contributed by atoms with Crippen molar-refractivity contribution in [2.45, 2.75) is 76.5 Å². The van der Waals surface area contributed by atoms with Crippen LogP contribution in [0, 0.1) is 5.92 Å². The molecule has 1 aromatic heterocycles. The number of phenols is 1. The lowest BCUT2D eigenvalue weighted by molar-refractivity contribution is -0.142. The number of nitrogens with zero attached hydrogens (tertiary/aromatic N) is 1. The summed E-state index contributed by atoms with van der Waals surface area (Å²) in [5.41, 5.74) is 12.9. The van der Waals surface area contributed by atoms with Gasteiger partial charge < -0.3 is 42.6 Å². The van der Waals surface area contributed by atoms with Gasteiger partial charge in [-0.2, -0.15) is 0 Å². The highest BCUT2D eigenvalue weighted by Gasteiger charge is 2.31. The monoisotopic (exact) mass is 559 g/mol. The molecular formula is C27H41N7O6. The summed E-state index contributed by atoms with van der Waals surface area (Å²) in [5, 5.41) is 27.1. The summed E-state index contributed by atoms with van der Waals surface area (Å²) in [6.07, 6.45) is 4.91. The molecule has 0 aliphatic carbocycles. The van der Waals surface area contributed by atoms with Crippen molar-refractivity contribution in [2.24, 2.45) is 17.4 Å². The summed E-state index contributed by atoms with van der Waals surface area (Å²) in [6.45, 7) is 4.15. The van der Waals surface area contributed by atoms with Crippen LogP contribution in [0.4, 0.5) is 0 Å². The molecule has 2 rings (SSSR count). The summed E-state index contributed by atoms with van der Waals surface area (Å²) >= 11 is 0. The molecule has 1 aromatic carbocycles. The molecule has 1 heterocycles. The Morgan fingerprint density at radius 3 is 2.12 bits per heavy atom. The third-order valence-corrected chi connectivity index (χ3v) is 6.24. The second-order valence-corrected chi connectivity index (χ2v) is 10.2. The maximum absolute atomic E-state index is 13.3. The fourth-order valence-corrected chi connectivity index (χ4v) is 4.08. The van der Waals surface area contributed by atoms with Gasteiger partial charge in [-0.25, -0.2) is 9.78 Å². The maximum Gasteiger partial charge on any atom is 0.326 e. The van der Waals surface area contributed by atoms with Crippen molar-refractivity contribution in [1.29, 1.82) is 0 Å². The van der Waals surface area contributed by atoms with Gasteiger partial charge in [0.15, 0.2) is 0 Å². The first kappa shape index (κ1) is 32.2. The lowest BCUT2D eigenvalue weighted by Gasteiger charge is -2.26. The molecule has 4 unspecified atom stereocenters. The van der Waals surface area contributed by atoms with Gasteiger partial charge in [0, 0.05) is 24.7 Å². The number of imidazole rings is 1. The lowest BCUT2D eigenvalue weighted by Crippen LogP contribution is -2.57. The molecule has 0 fully saturated rings. The summed E-state index contributed by atoms with van der Waals surface area (Å²) in [5.74, 6) is -2.98. The molecular weight excluding hydrogens is 518 g/mol. The Labute approximate surface area is 233 Å². The molecule has 2 aromatic rings. The summed E-state index contributed by atoms with van der Waals surface area (Å²) in [7, 11) is 0. The number of H-pyrrole nitrogens is 1. The van der Waals surface area contributed by atoms with E-state index in [0.29, 0.717) is 30.6 Å². The van der Waals surface area contributed by atoms with E-state index in [1.165, 1.54) is 18.5 Å². The van der Waals surface area contributed by atoms with Gasteiger partial charge in [-0.3, -0.25) is 14.4 Å². The first-order valence-electron chi connectivity index (χ1n) is 13.3. The number of rotatable bonds is 17. The lowest BCUT2D eigenvalue weighted by atomic mass is 10.00. The van der Waals surface area contributed by atoms with Crippen LogP contribution in [0.5, 0.6) is 5.75 Å². The molecule has 10 N–H and O–H groups in total. The highest BCUT2D eigenvalue weighted by atomic mass is 16.4. The Balaban J connectivity index is 2.12. The number of carboxylic acid groups (broad SMARTS) is 1. The van der Waals surface area contributed by atoms with E-state index in [1.54, 1.807) is 18.3 Å². The second-order valence-electron chi connectivity index (χ2n) is 10.2. The Bertz CT molecular complexity index is 1090. The Morgan fingerprint density at radius 2 is 1.55 bits per heavy atom. The number of hydrogen-bond acceptors (Lipinski definition) is 8. The molecule has 0 bridgehead atoms. The van der Waals surface area contributed by atoms with E-state index in [2.05, 4.69) is 25.9 Å². The van der Waals surface area contributed by atoms with Gasteiger partial charge >= 0.3 is 5.97 Å². The number of nitrogens with two attached hydrogens (primary N) is 2. The Morgan fingerprint density at radius 1 is 0.925 bits per heavy atom. The molecule has 0 radical (unpaired) electrons. The van der Waals surface area contributed by atoms with Crippen LogP contribution in [0.25, 0.3) is 0 Å². The molecule has 0 spiro atoms. The van der Waals surface area contributed by atoms with Gasteiger partial charge in [-0.1, -0.05) is 26.0 Å². The maximum atomic E-state index is 13.3. The number of phenolic OH excluding ortho intramolecular Hbond substituents is 1. The van der Waals surface area contributed by atoms with Crippen LogP contribution >= 0.6 is 0 Å². The fourth-order valence-electron chi connectivity index (χ4n) is 4.08. The number of aromatic hydroxyl groups is 1. The van der Waals surface area contributed by atoms with E-state index in [0.717, 1.165) is 0 Å². The third kappa shape index (κ3) is 11.0. The highest BCUT2D eigenvalue weighted by molar-refractivity contribution is 5.94. The predicted octanol–water partition coefficient (Wildman–Crippen LogP) is -0.0581. The molecule has 0 saturated heterocycles. The number of unbranched alkanes of at least 4 members (excludes halogenated alkanes) is 1. The van der Waals surface area contributed by atoms with Gasteiger partial charge in [0.1, 0.15) is 23.9 Å². The largest absolute Gasteiger partial charge is 0.508 e. The molecule has 0 saturated carbocycles. The van der Waals surface area contributed by atoms with Crippen molar-refractivity contribution >= 4 is 23.7 Å². The van der Waals surface area contributed by atoms with Gasteiger partial charge in [-0.15, -0.1) is 0 Å². The van der Waals surface area contributed by atoms with Crippen LogP contribution in [0.3, 0.4) is 0 Å². The van der Waals surface area contributed by atoms with Crippen molar-refractivity contribution in [2.75, 3.05) is 6.54 Å². The zero-order valence-corrected chi connectivity index (χ0v) is 22.9. The van der Waals surface area contributed by atoms with Gasteiger partial charge in [0.05, 0.1) is 12.4 Å². The first-order chi connectivity index (χ1) is 19.0. The number of carboxylic acids is 1.